The highest BCUT2D eigenvalue weighted by Gasteiger charge is 2.07. The van der Waals surface area contributed by atoms with Gasteiger partial charge in [-0.2, -0.15) is 0 Å². The Morgan fingerprint density at radius 2 is 2.18 bits per heavy atom. The van der Waals surface area contributed by atoms with Gasteiger partial charge in [0.25, 0.3) is 0 Å². The first-order valence-electron chi connectivity index (χ1n) is 5.78. The molecule has 0 bridgehead atoms. The summed E-state index contributed by atoms with van der Waals surface area (Å²) in [5, 5.41) is 6.58. The van der Waals surface area contributed by atoms with Crippen LogP contribution in [0.5, 0.6) is 0 Å². The number of nitrogens with one attached hydrogen (secondary N) is 2. The molecule has 0 aromatic carbocycles. The van der Waals surface area contributed by atoms with Crippen LogP contribution in [0, 0.1) is 0 Å². The van der Waals surface area contributed by atoms with Crippen molar-refractivity contribution in [3.05, 3.63) is 42.6 Å². The summed E-state index contributed by atoms with van der Waals surface area (Å²) in [4.78, 5) is 4.18. The van der Waals surface area contributed by atoms with Crippen molar-refractivity contribution in [1.82, 2.24) is 4.98 Å². The normalized spacial score (nSPS) is 12.1. The Labute approximate surface area is 101 Å². The highest BCUT2D eigenvalue weighted by Crippen LogP contribution is 2.20. The van der Waals surface area contributed by atoms with Crippen LogP contribution in [0.25, 0.3) is 0 Å². The molecule has 0 aliphatic carbocycles. The summed E-state index contributed by atoms with van der Waals surface area (Å²) < 4.78 is 5.35. The topological polar surface area (TPSA) is 50.1 Å². The summed E-state index contributed by atoms with van der Waals surface area (Å²) in [5.41, 5.74) is 2.00. The van der Waals surface area contributed by atoms with Crippen molar-refractivity contribution in [3.63, 3.8) is 0 Å². The Kier molecular flexibility index (Phi) is 3.65. The third-order valence-corrected chi connectivity index (χ3v) is 2.47. The van der Waals surface area contributed by atoms with Gasteiger partial charge in [-0.1, -0.05) is 0 Å². The van der Waals surface area contributed by atoms with Crippen LogP contribution in [-0.2, 0) is 0 Å². The fourth-order valence-corrected chi connectivity index (χ4v) is 1.68. The van der Waals surface area contributed by atoms with E-state index < -0.39 is 0 Å². The first kappa shape index (κ1) is 11.5. The minimum Gasteiger partial charge on any atom is -0.467 e. The van der Waals surface area contributed by atoms with E-state index in [-0.39, 0.29) is 6.04 Å². The number of hydrogen-bond donors (Lipinski definition) is 2. The van der Waals surface area contributed by atoms with Crippen LogP contribution >= 0.6 is 0 Å². The van der Waals surface area contributed by atoms with E-state index in [1.807, 2.05) is 24.4 Å². The average Bonchev–Trinajstić information content (AvgIpc) is 2.83. The van der Waals surface area contributed by atoms with E-state index in [4.69, 9.17) is 4.42 Å². The fraction of sp³-hybridized carbons (Fsp3) is 0.308. The summed E-state index contributed by atoms with van der Waals surface area (Å²) in [6.45, 7) is 5.00. The molecule has 1 atom stereocenters. The molecule has 2 aromatic heterocycles. The lowest BCUT2D eigenvalue weighted by molar-refractivity contribution is 0.490. The van der Waals surface area contributed by atoms with E-state index in [9.17, 15) is 0 Å². The highest BCUT2D eigenvalue weighted by atomic mass is 16.3. The van der Waals surface area contributed by atoms with Crippen LogP contribution in [0.15, 0.2) is 41.3 Å². The largest absolute Gasteiger partial charge is 0.467 e. The average molecular weight is 231 g/mol. The molecule has 2 aromatic rings. The quantitative estimate of drug-likeness (QED) is 0.829. The van der Waals surface area contributed by atoms with Gasteiger partial charge in [0.2, 0.25) is 0 Å². The summed E-state index contributed by atoms with van der Waals surface area (Å²) >= 11 is 0. The number of anilines is 2. The second-order valence-corrected chi connectivity index (χ2v) is 3.87. The molecule has 1 unspecified atom stereocenters. The van der Waals surface area contributed by atoms with Gasteiger partial charge in [0.05, 0.1) is 36.1 Å². The predicted molar refractivity (Wildman–Crippen MR) is 69.1 cm³/mol. The van der Waals surface area contributed by atoms with Crippen LogP contribution < -0.4 is 10.6 Å². The number of nitrogens with zero attached hydrogens (tertiary/aromatic N) is 1. The standard InChI is InChI=1S/C13H17N3O/c1-3-15-11-7-12(9-14-8-11)16-10(2)13-5-4-6-17-13/h4-10,15-16H,3H2,1-2H3. The lowest BCUT2D eigenvalue weighted by Gasteiger charge is -2.13. The van der Waals surface area contributed by atoms with E-state index >= 15 is 0 Å². The van der Waals surface area contributed by atoms with Crippen LogP contribution in [0.2, 0.25) is 0 Å². The van der Waals surface area contributed by atoms with Gasteiger partial charge in [0.15, 0.2) is 0 Å². The van der Waals surface area contributed by atoms with Gasteiger partial charge in [0, 0.05) is 6.54 Å². The van der Waals surface area contributed by atoms with Crippen molar-refractivity contribution >= 4 is 11.4 Å². The van der Waals surface area contributed by atoms with E-state index in [1.165, 1.54) is 0 Å². The Morgan fingerprint density at radius 1 is 1.35 bits per heavy atom. The minimum atomic E-state index is 0.128. The molecule has 0 spiro atoms. The highest BCUT2D eigenvalue weighted by molar-refractivity contribution is 5.54. The van der Waals surface area contributed by atoms with Gasteiger partial charge < -0.3 is 15.1 Å². The lowest BCUT2D eigenvalue weighted by Crippen LogP contribution is -2.06. The van der Waals surface area contributed by atoms with Crippen molar-refractivity contribution < 1.29 is 4.42 Å². The molecule has 2 heterocycles. The molecule has 0 saturated carbocycles. The van der Waals surface area contributed by atoms with Crippen molar-refractivity contribution in [2.75, 3.05) is 17.2 Å². The van der Waals surface area contributed by atoms with Crippen molar-refractivity contribution in [2.45, 2.75) is 19.9 Å². The van der Waals surface area contributed by atoms with Crippen molar-refractivity contribution in [1.29, 1.82) is 0 Å². The van der Waals surface area contributed by atoms with Gasteiger partial charge in [-0.3, -0.25) is 4.98 Å². The molecule has 17 heavy (non-hydrogen) atoms. The molecule has 0 saturated heterocycles. The molecule has 0 radical (unpaired) electrons. The molecule has 0 aliphatic rings. The second kappa shape index (κ2) is 5.39. The molecule has 0 aliphatic heterocycles. The van der Waals surface area contributed by atoms with Gasteiger partial charge in [-0.25, -0.2) is 0 Å². The fourth-order valence-electron chi connectivity index (χ4n) is 1.68. The smallest absolute Gasteiger partial charge is 0.125 e. The lowest BCUT2D eigenvalue weighted by atomic mass is 10.2. The van der Waals surface area contributed by atoms with Gasteiger partial charge in [0.1, 0.15) is 5.76 Å². The molecule has 4 nitrogen and oxygen atoms in total. The van der Waals surface area contributed by atoms with Crippen LogP contribution in [-0.4, -0.2) is 11.5 Å². The zero-order valence-corrected chi connectivity index (χ0v) is 10.1. The molecular formula is C13H17N3O. The van der Waals surface area contributed by atoms with Gasteiger partial charge in [-0.15, -0.1) is 0 Å². The number of furan rings is 1. The summed E-state index contributed by atoms with van der Waals surface area (Å²) in [5.74, 6) is 0.916. The molecule has 2 N–H and O–H groups in total. The van der Waals surface area contributed by atoms with E-state index in [1.54, 1.807) is 12.5 Å². The Bertz CT molecular complexity index is 453. The van der Waals surface area contributed by atoms with Gasteiger partial charge in [-0.05, 0) is 32.0 Å². The van der Waals surface area contributed by atoms with Crippen LogP contribution in [0.1, 0.15) is 25.6 Å². The SMILES string of the molecule is CCNc1cncc(NC(C)c2ccco2)c1. The monoisotopic (exact) mass is 231 g/mol. The molecule has 90 valence electrons. The zero-order chi connectivity index (χ0) is 12.1. The van der Waals surface area contributed by atoms with E-state index in [2.05, 4.69) is 29.5 Å². The summed E-state index contributed by atoms with van der Waals surface area (Å²) in [6.07, 6.45) is 5.30. The van der Waals surface area contributed by atoms with Crippen molar-refractivity contribution in [2.24, 2.45) is 0 Å². The first-order valence-corrected chi connectivity index (χ1v) is 5.78. The van der Waals surface area contributed by atoms with Gasteiger partial charge >= 0.3 is 0 Å². The molecule has 4 heteroatoms. The molecular weight excluding hydrogens is 214 g/mol. The Balaban J connectivity index is 2.05. The number of hydrogen-bond acceptors (Lipinski definition) is 4. The molecule has 0 amide bonds. The number of rotatable bonds is 5. The maximum absolute atomic E-state index is 5.35. The van der Waals surface area contributed by atoms with E-state index in [0.717, 1.165) is 23.7 Å². The number of pyridine rings is 1. The molecule has 0 fully saturated rings. The summed E-state index contributed by atoms with van der Waals surface area (Å²) in [7, 11) is 0. The minimum absolute atomic E-state index is 0.128. The first-order chi connectivity index (χ1) is 8.29. The Morgan fingerprint density at radius 3 is 2.88 bits per heavy atom. The third kappa shape index (κ3) is 3.00. The maximum atomic E-state index is 5.35. The second-order valence-electron chi connectivity index (χ2n) is 3.87. The molecule has 2 rings (SSSR count). The zero-order valence-electron chi connectivity index (χ0n) is 10.1. The summed E-state index contributed by atoms with van der Waals surface area (Å²) in [6, 6.07) is 6.01. The maximum Gasteiger partial charge on any atom is 0.125 e. The van der Waals surface area contributed by atoms with Crippen LogP contribution in [0.3, 0.4) is 0 Å². The van der Waals surface area contributed by atoms with E-state index in [0.29, 0.717) is 0 Å². The van der Waals surface area contributed by atoms with Crippen LogP contribution in [0.4, 0.5) is 11.4 Å². The third-order valence-electron chi connectivity index (χ3n) is 2.47. The van der Waals surface area contributed by atoms with Crippen molar-refractivity contribution in [3.8, 4) is 0 Å². The predicted octanol–water partition coefficient (Wildman–Crippen LogP) is 3.28. The Hall–Kier alpha value is -1.97. The number of aromatic nitrogens is 1.